The number of urea groups is 1. The summed E-state index contributed by atoms with van der Waals surface area (Å²) in [6.07, 6.45) is 1.68. The molecule has 0 atom stereocenters. The molecule has 0 unspecified atom stereocenters. The summed E-state index contributed by atoms with van der Waals surface area (Å²) in [4.78, 5) is 28.9. The highest BCUT2D eigenvalue weighted by Crippen LogP contribution is 2.13. The van der Waals surface area contributed by atoms with E-state index in [1.807, 2.05) is 50.2 Å². The quantitative estimate of drug-likeness (QED) is 0.736. The first-order valence-corrected chi connectivity index (χ1v) is 8.47. The summed E-state index contributed by atoms with van der Waals surface area (Å²) in [5.74, 6) is 0. The Kier molecular flexibility index (Phi) is 5.26. The van der Waals surface area contributed by atoms with E-state index in [4.69, 9.17) is 0 Å². The minimum Gasteiger partial charge on any atom is -0.336 e. The monoisotopic (exact) mass is 351 g/mol. The number of rotatable bonds is 5. The minimum atomic E-state index is -0.270. The van der Waals surface area contributed by atoms with Gasteiger partial charge in [-0.1, -0.05) is 24.3 Å². The second-order valence-corrected chi connectivity index (χ2v) is 6.26. The summed E-state index contributed by atoms with van der Waals surface area (Å²) < 4.78 is 1.39. The molecule has 0 radical (unpaired) electrons. The van der Waals surface area contributed by atoms with Crippen molar-refractivity contribution >= 4 is 16.8 Å². The zero-order valence-corrected chi connectivity index (χ0v) is 14.8. The predicted molar refractivity (Wildman–Crippen MR) is 99.8 cm³/mol. The third kappa shape index (κ3) is 4.05. The highest BCUT2D eigenvalue weighted by molar-refractivity contribution is 5.84. The topological polar surface area (TPSA) is 88.9 Å². The summed E-state index contributed by atoms with van der Waals surface area (Å²) in [5, 5.41) is 11.3. The molecule has 26 heavy (non-hydrogen) atoms. The van der Waals surface area contributed by atoms with Gasteiger partial charge in [0.25, 0.3) is 5.56 Å². The lowest BCUT2D eigenvalue weighted by atomic mass is 10.1. The predicted octanol–water partition coefficient (Wildman–Crippen LogP) is 2.05. The van der Waals surface area contributed by atoms with Gasteiger partial charge in [0.2, 0.25) is 0 Å². The number of fused-ring (bicyclic) bond motifs is 1. The molecule has 0 saturated heterocycles. The molecule has 3 rings (SSSR count). The van der Waals surface area contributed by atoms with Crippen molar-refractivity contribution in [2.24, 2.45) is 0 Å². The molecule has 7 nitrogen and oxygen atoms in total. The Morgan fingerprint density at radius 3 is 2.54 bits per heavy atom. The fourth-order valence-electron chi connectivity index (χ4n) is 2.67. The molecule has 3 aromatic rings. The first-order chi connectivity index (χ1) is 12.5. The Morgan fingerprint density at radius 2 is 1.85 bits per heavy atom. The Hall–Kier alpha value is -3.22. The molecule has 2 N–H and O–H groups in total. The fraction of sp³-hybridized carbons (Fsp3) is 0.263. The molecule has 0 aliphatic rings. The standard InChI is InChI=1S/C19H21N5O2/c1-13(2)22-19(26)21-11-17-15-8-3-4-9-16(15)18(25)24(23-17)12-14-7-5-6-10-20-14/h3-10,13H,11-12H2,1-2H3,(H2,21,22,26). The maximum atomic E-state index is 12.7. The van der Waals surface area contributed by atoms with Gasteiger partial charge in [0, 0.05) is 17.6 Å². The van der Waals surface area contributed by atoms with Crippen LogP contribution in [0.25, 0.3) is 10.8 Å². The summed E-state index contributed by atoms with van der Waals surface area (Å²) in [5.41, 5.74) is 1.20. The second kappa shape index (κ2) is 7.77. The molecule has 0 aliphatic carbocycles. The number of amides is 2. The van der Waals surface area contributed by atoms with Crippen molar-refractivity contribution in [3.8, 4) is 0 Å². The van der Waals surface area contributed by atoms with E-state index >= 15 is 0 Å². The number of benzene rings is 1. The molecule has 0 aliphatic heterocycles. The second-order valence-electron chi connectivity index (χ2n) is 6.26. The van der Waals surface area contributed by atoms with Crippen LogP contribution >= 0.6 is 0 Å². The number of nitrogens with zero attached hydrogens (tertiary/aromatic N) is 3. The number of carbonyl (C=O) groups is 1. The maximum Gasteiger partial charge on any atom is 0.315 e. The smallest absolute Gasteiger partial charge is 0.315 e. The van der Waals surface area contributed by atoms with E-state index in [2.05, 4.69) is 20.7 Å². The van der Waals surface area contributed by atoms with Crippen LogP contribution in [0.15, 0.2) is 53.5 Å². The van der Waals surface area contributed by atoms with Gasteiger partial charge in [-0.05, 0) is 32.0 Å². The number of nitrogens with one attached hydrogen (secondary N) is 2. The van der Waals surface area contributed by atoms with Gasteiger partial charge in [-0.15, -0.1) is 0 Å². The van der Waals surface area contributed by atoms with Crippen molar-refractivity contribution < 1.29 is 4.79 Å². The third-order valence-electron chi connectivity index (χ3n) is 3.82. The van der Waals surface area contributed by atoms with E-state index in [0.717, 1.165) is 11.1 Å². The highest BCUT2D eigenvalue weighted by atomic mass is 16.2. The van der Waals surface area contributed by atoms with Gasteiger partial charge < -0.3 is 10.6 Å². The Labute approximate surface area is 151 Å². The molecule has 134 valence electrons. The number of aromatic nitrogens is 3. The SMILES string of the molecule is CC(C)NC(=O)NCc1nn(Cc2ccccn2)c(=O)c2ccccc12. The average molecular weight is 351 g/mol. The average Bonchev–Trinajstić information content (AvgIpc) is 2.63. The van der Waals surface area contributed by atoms with E-state index in [9.17, 15) is 9.59 Å². The largest absolute Gasteiger partial charge is 0.336 e. The zero-order valence-electron chi connectivity index (χ0n) is 14.8. The zero-order chi connectivity index (χ0) is 18.5. The molecule has 0 fully saturated rings. The molecule has 2 heterocycles. The highest BCUT2D eigenvalue weighted by Gasteiger charge is 2.12. The summed E-state index contributed by atoms with van der Waals surface area (Å²) in [6, 6.07) is 12.6. The minimum absolute atomic E-state index is 0.0396. The van der Waals surface area contributed by atoms with Crippen molar-refractivity contribution in [2.45, 2.75) is 33.0 Å². The van der Waals surface area contributed by atoms with E-state index < -0.39 is 0 Å². The molecule has 0 spiro atoms. The van der Waals surface area contributed by atoms with Gasteiger partial charge in [0.05, 0.1) is 29.9 Å². The molecule has 2 amide bonds. The Morgan fingerprint density at radius 1 is 1.12 bits per heavy atom. The van der Waals surface area contributed by atoms with Gasteiger partial charge in [-0.25, -0.2) is 9.48 Å². The van der Waals surface area contributed by atoms with Crippen LogP contribution in [-0.2, 0) is 13.1 Å². The molecule has 0 saturated carbocycles. The van der Waals surface area contributed by atoms with Crippen molar-refractivity contribution in [3.63, 3.8) is 0 Å². The van der Waals surface area contributed by atoms with Gasteiger partial charge in [0.1, 0.15) is 0 Å². The van der Waals surface area contributed by atoms with Gasteiger partial charge in [0.15, 0.2) is 0 Å². The van der Waals surface area contributed by atoms with E-state index in [-0.39, 0.29) is 30.7 Å². The first-order valence-electron chi connectivity index (χ1n) is 8.47. The number of carbonyl (C=O) groups excluding carboxylic acids is 1. The van der Waals surface area contributed by atoms with Crippen LogP contribution in [0.1, 0.15) is 25.2 Å². The van der Waals surface area contributed by atoms with Crippen LogP contribution in [-0.4, -0.2) is 26.8 Å². The summed E-state index contributed by atoms with van der Waals surface area (Å²) >= 11 is 0. The van der Waals surface area contributed by atoms with E-state index in [0.29, 0.717) is 11.1 Å². The molecule has 1 aromatic carbocycles. The van der Waals surface area contributed by atoms with Crippen LogP contribution in [0.3, 0.4) is 0 Å². The number of hydrogen-bond donors (Lipinski definition) is 2. The van der Waals surface area contributed by atoms with Crippen LogP contribution in [0.4, 0.5) is 4.79 Å². The normalized spacial score (nSPS) is 10.9. The number of pyridine rings is 1. The molecular formula is C19H21N5O2. The lowest BCUT2D eigenvalue weighted by Gasteiger charge is -2.13. The maximum absolute atomic E-state index is 12.7. The van der Waals surface area contributed by atoms with Gasteiger partial charge in [-0.3, -0.25) is 9.78 Å². The lowest BCUT2D eigenvalue weighted by molar-refractivity contribution is 0.238. The van der Waals surface area contributed by atoms with Crippen LogP contribution < -0.4 is 16.2 Å². The lowest BCUT2D eigenvalue weighted by Crippen LogP contribution is -2.39. The molecule has 2 aromatic heterocycles. The van der Waals surface area contributed by atoms with E-state index in [1.165, 1.54) is 4.68 Å². The Balaban J connectivity index is 1.95. The van der Waals surface area contributed by atoms with Gasteiger partial charge >= 0.3 is 6.03 Å². The molecule has 7 heteroatoms. The fourth-order valence-corrected chi connectivity index (χ4v) is 2.67. The van der Waals surface area contributed by atoms with Crippen LogP contribution in [0, 0.1) is 0 Å². The number of hydrogen-bond acceptors (Lipinski definition) is 4. The Bertz CT molecular complexity index is 967. The molecule has 0 bridgehead atoms. The van der Waals surface area contributed by atoms with E-state index in [1.54, 1.807) is 12.3 Å². The summed E-state index contributed by atoms with van der Waals surface area (Å²) in [6.45, 7) is 4.28. The summed E-state index contributed by atoms with van der Waals surface area (Å²) in [7, 11) is 0. The van der Waals surface area contributed by atoms with Crippen LogP contribution in [0.2, 0.25) is 0 Å². The van der Waals surface area contributed by atoms with Gasteiger partial charge in [-0.2, -0.15) is 5.10 Å². The van der Waals surface area contributed by atoms with Crippen molar-refractivity contribution in [1.29, 1.82) is 0 Å². The first kappa shape index (κ1) is 17.6. The van der Waals surface area contributed by atoms with Crippen LogP contribution in [0.5, 0.6) is 0 Å². The van der Waals surface area contributed by atoms with Crippen molar-refractivity contribution in [2.75, 3.05) is 0 Å². The third-order valence-corrected chi connectivity index (χ3v) is 3.82. The molecular weight excluding hydrogens is 330 g/mol. The van der Waals surface area contributed by atoms with Crippen molar-refractivity contribution in [1.82, 2.24) is 25.4 Å². The van der Waals surface area contributed by atoms with Crippen molar-refractivity contribution in [3.05, 3.63) is 70.4 Å².